The second-order valence-corrected chi connectivity index (χ2v) is 3.73. The molecule has 2 nitrogen and oxygen atoms in total. The molecule has 1 aromatic rings. The molecule has 0 bridgehead atoms. The molecule has 0 spiro atoms. The van der Waals surface area contributed by atoms with Crippen molar-refractivity contribution in [2.24, 2.45) is 0 Å². The molecule has 1 atom stereocenters. The molecule has 1 unspecified atom stereocenters. The predicted octanol–water partition coefficient (Wildman–Crippen LogP) is 2.62. The number of aliphatic hydroxyl groups excluding tert-OH is 1. The second-order valence-electron chi connectivity index (χ2n) is 3.42. The number of benzene rings is 1. The lowest BCUT2D eigenvalue weighted by Gasteiger charge is -2.07. The van der Waals surface area contributed by atoms with Crippen LogP contribution in [0.25, 0.3) is 0 Å². The standard InChI is InChI=1S/C12H17ClO2/c1-2-15-12-7-4-10(5-8-12)3-6-11(14)9-13/h4-5,7-8,11,14H,2-3,6,9H2,1H3. The van der Waals surface area contributed by atoms with Crippen molar-refractivity contribution in [3.8, 4) is 5.75 Å². The fourth-order valence-corrected chi connectivity index (χ4v) is 1.48. The van der Waals surface area contributed by atoms with Crippen LogP contribution in [-0.4, -0.2) is 23.7 Å². The van der Waals surface area contributed by atoms with Crippen LogP contribution in [0, 0.1) is 0 Å². The van der Waals surface area contributed by atoms with Gasteiger partial charge in [0, 0.05) is 5.88 Å². The number of aryl methyl sites for hydroxylation is 1. The fraction of sp³-hybridized carbons (Fsp3) is 0.500. The molecule has 15 heavy (non-hydrogen) atoms. The summed E-state index contributed by atoms with van der Waals surface area (Å²) in [6, 6.07) is 7.94. The van der Waals surface area contributed by atoms with Gasteiger partial charge in [-0.05, 0) is 37.5 Å². The molecule has 0 saturated carbocycles. The Balaban J connectivity index is 2.42. The Hall–Kier alpha value is -0.730. The molecule has 0 fully saturated rings. The quantitative estimate of drug-likeness (QED) is 0.759. The zero-order chi connectivity index (χ0) is 11.1. The number of hydrogen-bond acceptors (Lipinski definition) is 2. The Morgan fingerprint density at radius 1 is 1.33 bits per heavy atom. The average molecular weight is 229 g/mol. The van der Waals surface area contributed by atoms with Gasteiger partial charge >= 0.3 is 0 Å². The Morgan fingerprint density at radius 3 is 2.53 bits per heavy atom. The van der Waals surface area contributed by atoms with Crippen LogP contribution in [0.5, 0.6) is 5.75 Å². The maximum Gasteiger partial charge on any atom is 0.119 e. The van der Waals surface area contributed by atoms with Crippen LogP contribution in [0.15, 0.2) is 24.3 Å². The van der Waals surface area contributed by atoms with Crippen LogP contribution < -0.4 is 4.74 Å². The summed E-state index contributed by atoms with van der Waals surface area (Å²) in [6.45, 7) is 2.65. The lowest BCUT2D eigenvalue weighted by molar-refractivity contribution is 0.188. The van der Waals surface area contributed by atoms with E-state index in [0.29, 0.717) is 18.9 Å². The number of ether oxygens (including phenoxy) is 1. The van der Waals surface area contributed by atoms with E-state index in [-0.39, 0.29) is 0 Å². The van der Waals surface area contributed by atoms with Crippen molar-refractivity contribution in [2.45, 2.75) is 25.9 Å². The molecule has 0 saturated heterocycles. The first-order chi connectivity index (χ1) is 7.26. The van der Waals surface area contributed by atoms with E-state index in [2.05, 4.69) is 0 Å². The second kappa shape index (κ2) is 6.70. The fourth-order valence-electron chi connectivity index (χ4n) is 1.33. The van der Waals surface area contributed by atoms with Gasteiger partial charge in [-0.15, -0.1) is 11.6 Å². The lowest BCUT2D eigenvalue weighted by atomic mass is 10.1. The van der Waals surface area contributed by atoms with Crippen LogP contribution >= 0.6 is 11.6 Å². The van der Waals surface area contributed by atoms with Crippen LogP contribution in [0.3, 0.4) is 0 Å². The van der Waals surface area contributed by atoms with E-state index in [9.17, 15) is 5.11 Å². The highest BCUT2D eigenvalue weighted by Crippen LogP contribution is 2.14. The number of halogens is 1. The first-order valence-electron chi connectivity index (χ1n) is 5.22. The average Bonchev–Trinajstić information content (AvgIpc) is 2.28. The lowest BCUT2D eigenvalue weighted by Crippen LogP contribution is -2.09. The third-order valence-corrected chi connectivity index (χ3v) is 2.53. The molecule has 84 valence electrons. The summed E-state index contributed by atoms with van der Waals surface area (Å²) < 4.78 is 5.34. The molecular weight excluding hydrogens is 212 g/mol. The molecule has 0 aromatic heterocycles. The zero-order valence-electron chi connectivity index (χ0n) is 8.95. The molecule has 1 aromatic carbocycles. The number of aliphatic hydroxyl groups is 1. The van der Waals surface area contributed by atoms with Crippen molar-refractivity contribution < 1.29 is 9.84 Å². The first kappa shape index (κ1) is 12.3. The van der Waals surface area contributed by atoms with Gasteiger partial charge in [-0.25, -0.2) is 0 Å². The van der Waals surface area contributed by atoms with Crippen molar-refractivity contribution in [2.75, 3.05) is 12.5 Å². The Morgan fingerprint density at radius 2 is 2.00 bits per heavy atom. The van der Waals surface area contributed by atoms with E-state index >= 15 is 0 Å². The molecule has 0 heterocycles. The minimum absolute atomic E-state index is 0.303. The summed E-state index contributed by atoms with van der Waals surface area (Å²) in [6.07, 6.45) is 1.15. The van der Waals surface area contributed by atoms with Crippen LogP contribution in [-0.2, 0) is 6.42 Å². The monoisotopic (exact) mass is 228 g/mol. The third kappa shape index (κ3) is 4.54. The van der Waals surface area contributed by atoms with Crippen molar-refractivity contribution in [1.29, 1.82) is 0 Å². The maximum atomic E-state index is 9.30. The van der Waals surface area contributed by atoms with Crippen molar-refractivity contribution in [1.82, 2.24) is 0 Å². The number of alkyl halides is 1. The summed E-state index contributed by atoms with van der Waals surface area (Å²) in [7, 11) is 0. The summed E-state index contributed by atoms with van der Waals surface area (Å²) in [5, 5.41) is 9.30. The first-order valence-corrected chi connectivity index (χ1v) is 5.75. The smallest absolute Gasteiger partial charge is 0.119 e. The van der Waals surface area contributed by atoms with Gasteiger partial charge in [0.25, 0.3) is 0 Å². The van der Waals surface area contributed by atoms with Gasteiger partial charge in [-0.1, -0.05) is 12.1 Å². The normalized spacial score (nSPS) is 12.5. The summed E-state index contributed by atoms with van der Waals surface area (Å²) in [4.78, 5) is 0. The third-order valence-electron chi connectivity index (χ3n) is 2.18. The van der Waals surface area contributed by atoms with Crippen LogP contribution in [0.1, 0.15) is 18.9 Å². The topological polar surface area (TPSA) is 29.5 Å². The number of rotatable bonds is 6. The van der Waals surface area contributed by atoms with Crippen LogP contribution in [0.2, 0.25) is 0 Å². The van der Waals surface area contributed by atoms with E-state index in [0.717, 1.165) is 12.2 Å². The molecule has 0 aliphatic carbocycles. The minimum Gasteiger partial charge on any atom is -0.494 e. The van der Waals surface area contributed by atoms with Gasteiger partial charge in [-0.3, -0.25) is 0 Å². The Kier molecular flexibility index (Phi) is 5.51. The summed E-state index contributed by atoms with van der Waals surface area (Å²) >= 11 is 5.51. The molecule has 1 N–H and O–H groups in total. The molecule has 1 rings (SSSR count). The zero-order valence-corrected chi connectivity index (χ0v) is 9.70. The van der Waals surface area contributed by atoms with Gasteiger partial charge in [0.1, 0.15) is 5.75 Å². The molecule has 0 amide bonds. The van der Waals surface area contributed by atoms with Gasteiger partial charge in [0.05, 0.1) is 12.7 Å². The summed E-state index contributed by atoms with van der Waals surface area (Å²) in [5.74, 6) is 1.19. The van der Waals surface area contributed by atoms with E-state index in [4.69, 9.17) is 16.3 Å². The van der Waals surface area contributed by atoms with E-state index in [1.165, 1.54) is 5.56 Å². The van der Waals surface area contributed by atoms with Crippen molar-refractivity contribution in [3.05, 3.63) is 29.8 Å². The van der Waals surface area contributed by atoms with Gasteiger partial charge in [0.2, 0.25) is 0 Å². The van der Waals surface area contributed by atoms with E-state index < -0.39 is 6.10 Å². The van der Waals surface area contributed by atoms with Gasteiger partial charge < -0.3 is 9.84 Å². The predicted molar refractivity (Wildman–Crippen MR) is 62.7 cm³/mol. The molecular formula is C12H17ClO2. The molecule has 0 radical (unpaired) electrons. The minimum atomic E-state index is -0.404. The van der Waals surface area contributed by atoms with Gasteiger partial charge in [-0.2, -0.15) is 0 Å². The highest BCUT2D eigenvalue weighted by molar-refractivity contribution is 6.18. The van der Waals surface area contributed by atoms with E-state index in [1.807, 2.05) is 31.2 Å². The highest BCUT2D eigenvalue weighted by Gasteiger charge is 2.02. The Labute approximate surface area is 95.8 Å². The molecule has 0 aliphatic heterocycles. The van der Waals surface area contributed by atoms with Crippen LogP contribution in [0.4, 0.5) is 0 Å². The van der Waals surface area contributed by atoms with Crippen molar-refractivity contribution in [3.63, 3.8) is 0 Å². The van der Waals surface area contributed by atoms with Gasteiger partial charge in [0.15, 0.2) is 0 Å². The highest BCUT2D eigenvalue weighted by atomic mass is 35.5. The van der Waals surface area contributed by atoms with E-state index in [1.54, 1.807) is 0 Å². The molecule has 0 aliphatic rings. The Bertz CT molecular complexity index is 271. The van der Waals surface area contributed by atoms with Crippen molar-refractivity contribution >= 4 is 11.6 Å². The largest absolute Gasteiger partial charge is 0.494 e. The SMILES string of the molecule is CCOc1ccc(CCC(O)CCl)cc1. The number of hydrogen-bond donors (Lipinski definition) is 1. The summed E-state index contributed by atoms with van der Waals surface area (Å²) in [5.41, 5.74) is 1.20. The maximum absolute atomic E-state index is 9.30. The molecule has 3 heteroatoms.